The van der Waals surface area contributed by atoms with Crippen molar-refractivity contribution in [1.82, 2.24) is 10.3 Å². The van der Waals surface area contributed by atoms with E-state index in [-0.39, 0.29) is 23.2 Å². The third-order valence-electron chi connectivity index (χ3n) is 8.69. The van der Waals surface area contributed by atoms with Gasteiger partial charge in [0, 0.05) is 49.9 Å². The molecule has 0 radical (unpaired) electrons. The molecule has 43 heavy (non-hydrogen) atoms. The highest BCUT2D eigenvalue weighted by Crippen LogP contribution is 2.39. The SMILES string of the molecule is Cc1ccccc1N1CCN(c2cc(F)c(C(=O)N[C@@H]3CCC[C@H](C(=O)O)C3)cc2NC(=O)c2coc(C3CC3)n2)CC1. The fourth-order valence-corrected chi connectivity index (χ4v) is 6.11. The Bertz CT molecular complexity index is 1530. The number of hydrogen-bond acceptors (Lipinski definition) is 7. The first-order valence-corrected chi connectivity index (χ1v) is 15.0. The van der Waals surface area contributed by atoms with E-state index in [1.165, 1.54) is 24.0 Å². The summed E-state index contributed by atoms with van der Waals surface area (Å²) >= 11 is 0. The number of nitrogens with zero attached hydrogens (tertiary/aromatic N) is 3. The van der Waals surface area contributed by atoms with Gasteiger partial charge in [-0.25, -0.2) is 9.37 Å². The number of carbonyl (C=O) groups excluding carboxylic acids is 2. The Morgan fingerprint density at radius 3 is 2.40 bits per heavy atom. The summed E-state index contributed by atoms with van der Waals surface area (Å²) in [7, 11) is 0. The van der Waals surface area contributed by atoms with E-state index in [1.807, 2.05) is 17.0 Å². The predicted octanol–water partition coefficient (Wildman–Crippen LogP) is 4.95. The largest absolute Gasteiger partial charge is 0.481 e. The molecule has 2 saturated carbocycles. The van der Waals surface area contributed by atoms with Crippen LogP contribution in [-0.4, -0.2) is 60.1 Å². The first-order chi connectivity index (χ1) is 20.8. The van der Waals surface area contributed by atoms with Gasteiger partial charge in [-0.2, -0.15) is 0 Å². The first kappa shape index (κ1) is 28.7. The molecule has 2 atom stereocenters. The molecule has 1 aromatic heterocycles. The van der Waals surface area contributed by atoms with Gasteiger partial charge in [-0.05, 0) is 56.7 Å². The quantitative estimate of drug-likeness (QED) is 0.337. The van der Waals surface area contributed by atoms with E-state index in [0.29, 0.717) is 69.1 Å². The van der Waals surface area contributed by atoms with Crippen molar-refractivity contribution in [3.63, 3.8) is 0 Å². The number of aromatic nitrogens is 1. The summed E-state index contributed by atoms with van der Waals surface area (Å²) in [6.07, 6.45) is 5.42. The highest BCUT2D eigenvalue weighted by Gasteiger charge is 2.31. The number of nitrogens with one attached hydrogen (secondary N) is 2. The zero-order valence-corrected chi connectivity index (χ0v) is 24.1. The van der Waals surface area contributed by atoms with Crippen LogP contribution in [0.25, 0.3) is 0 Å². The van der Waals surface area contributed by atoms with Crippen molar-refractivity contribution < 1.29 is 28.3 Å². The van der Waals surface area contributed by atoms with Crippen LogP contribution in [0.2, 0.25) is 0 Å². The van der Waals surface area contributed by atoms with Gasteiger partial charge < -0.3 is 30.0 Å². The summed E-state index contributed by atoms with van der Waals surface area (Å²) in [4.78, 5) is 46.6. The summed E-state index contributed by atoms with van der Waals surface area (Å²) in [5.41, 5.74) is 3.00. The predicted molar refractivity (Wildman–Crippen MR) is 159 cm³/mol. The van der Waals surface area contributed by atoms with Crippen molar-refractivity contribution in [2.24, 2.45) is 5.92 Å². The Morgan fingerprint density at radius 1 is 0.977 bits per heavy atom. The number of carboxylic acids is 1. The number of aliphatic carboxylic acids is 1. The molecule has 3 aromatic rings. The molecule has 3 fully saturated rings. The number of hydrogen-bond donors (Lipinski definition) is 3. The second kappa shape index (κ2) is 12.1. The number of piperazine rings is 1. The third-order valence-corrected chi connectivity index (χ3v) is 8.69. The lowest BCUT2D eigenvalue weighted by molar-refractivity contribution is -0.143. The van der Waals surface area contributed by atoms with E-state index >= 15 is 4.39 Å². The molecule has 10 nitrogen and oxygen atoms in total. The van der Waals surface area contributed by atoms with Gasteiger partial charge >= 0.3 is 5.97 Å². The van der Waals surface area contributed by atoms with Crippen LogP contribution >= 0.6 is 0 Å². The number of aryl methyl sites for hydroxylation is 1. The maximum absolute atomic E-state index is 15.6. The molecule has 226 valence electrons. The molecule has 2 aromatic carbocycles. The molecule has 0 bridgehead atoms. The van der Waals surface area contributed by atoms with Crippen LogP contribution in [0.5, 0.6) is 0 Å². The summed E-state index contributed by atoms with van der Waals surface area (Å²) in [6.45, 7) is 4.63. The molecule has 11 heteroatoms. The number of rotatable bonds is 8. The van der Waals surface area contributed by atoms with Crippen molar-refractivity contribution in [2.45, 2.75) is 57.4 Å². The molecule has 0 spiro atoms. The van der Waals surface area contributed by atoms with Crippen molar-refractivity contribution in [3.8, 4) is 0 Å². The van der Waals surface area contributed by atoms with Gasteiger partial charge in [0.05, 0.1) is 22.9 Å². The van der Waals surface area contributed by atoms with Crippen LogP contribution in [0, 0.1) is 18.7 Å². The first-order valence-electron chi connectivity index (χ1n) is 15.0. The summed E-state index contributed by atoms with van der Waals surface area (Å²) in [6, 6.07) is 10.5. The molecule has 3 aliphatic rings. The van der Waals surface area contributed by atoms with E-state index < -0.39 is 29.5 Å². The second-order valence-electron chi connectivity index (χ2n) is 11.8. The van der Waals surface area contributed by atoms with Gasteiger partial charge in [0.2, 0.25) is 0 Å². The van der Waals surface area contributed by atoms with Crippen LogP contribution in [0.15, 0.2) is 47.1 Å². The van der Waals surface area contributed by atoms with Gasteiger partial charge in [-0.1, -0.05) is 24.6 Å². The van der Waals surface area contributed by atoms with Crippen LogP contribution in [-0.2, 0) is 4.79 Å². The minimum absolute atomic E-state index is 0.120. The Balaban J connectivity index is 1.24. The van der Waals surface area contributed by atoms with E-state index in [4.69, 9.17) is 4.42 Å². The number of carbonyl (C=O) groups is 3. The monoisotopic (exact) mass is 589 g/mol. The number of benzene rings is 2. The minimum atomic E-state index is -0.889. The molecule has 2 heterocycles. The lowest BCUT2D eigenvalue weighted by atomic mass is 9.85. The van der Waals surface area contributed by atoms with E-state index in [2.05, 4.69) is 39.6 Å². The Kier molecular flexibility index (Phi) is 8.05. The number of oxazole rings is 1. The number of amides is 2. The Hall–Kier alpha value is -4.41. The zero-order chi connectivity index (χ0) is 30.1. The third kappa shape index (κ3) is 6.35. The standard InChI is InChI=1S/C32H36FN5O5/c1-19-5-2-3-8-27(19)37-11-13-38(14-12-37)28-17-24(33)23(29(39)34-22-7-4-6-21(15-22)32(41)42)16-25(28)35-30(40)26-18-43-31(36-26)20-9-10-20/h2-3,5,8,16-18,20-22H,4,6-7,9-15H2,1H3,(H,34,39)(H,35,40)(H,41,42)/t21-,22+/m0/s1. The van der Waals surface area contributed by atoms with Crippen LogP contribution in [0.1, 0.15) is 76.7 Å². The van der Waals surface area contributed by atoms with Crippen molar-refractivity contribution in [3.05, 3.63) is 71.2 Å². The molecular formula is C32H36FN5O5. The van der Waals surface area contributed by atoms with Gasteiger partial charge in [0.1, 0.15) is 12.1 Å². The van der Waals surface area contributed by atoms with Crippen LogP contribution in [0.3, 0.4) is 0 Å². The summed E-state index contributed by atoms with van der Waals surface area (Å²) in [5.74, 6) is -2.52. The maximum Gasteiger partial charge on any atom is 0.306 e. The molecule has 0 unspecified atom stereocenters. The molecule has 6 rings (SSSR count). The molecule has 2 aliphatic carbocycles. The molecule has 1 aliphatic heterocycles. The Morgan fingerprint density at radius 2 is 1.70 bits per heavy atom. The van der Waals surface area contributed by atoms with Gasteiger partial charge in [0.15, 0.2) is 11.6 Å². The van der Waals surface area contributed by atoms with Crippen LogP contribution < -0.4 is 20.4 Å². The molecule has 2 amide bonds. The Labute approximate surface area is 249 Å². The number of anilines is 3. The lowest BCUT2D eigenvalue weighted by Gasteiger charge is -2.38. The van der Waals surface area contributed by atoms with Crippen LogP contribution in [0.4, 0.5) is 21.5 Å². The average Bonchev–Trinajstić information content (AvgIpc) is 3.74. The minimum Gasteiger partial charge on any atom is -0.481 e. The maximum atomic E-state index is 15.6. The van der Waals surface area contributed by atoms with Crippen molar-refractivity contribution in [1.29, 1.82) is 0 Å². The van der Waals surface area contributed by atoms with Crippen molar-refractivity contribution >= 4 is 34.8 Å². The molecule has 1 saturated heterocycles. The smallest absolute Gasteiger partial charge is 0.306 e. The van der Waals surface area contributed by atoms with Gasteiger partial charge in [-0.3, -0.25) is 14.4 Å². The fraction of sp³-hybridized carbons (Fsp3) is 0.438. The molecule has 3 N–H and O–H groups in total. The number of para-hydroxylation sites is 1. The highest BCUT2D eigenvalue weighted by molar-refractivity contribution is 6.06. The number of carboxylic acid groups (broad SMARTS) is 1. The highest BCUT2D eigenvalue weighted by atomic mass is 19.1. The van der Waals surface area contributed by atoms with E-state index in [0.717, 1.165) is 18.5 Å². The summed E-state index contributed by atoms with van der Waals surface area (Å²) < 4.78 is 21.1. The van der Waals surface area contributed by atoms with Gasteiger partial charge in [-0.15, -0.1) is 0 Å². The fourth-order valence-electron chi connectivity index (χ4n) is 6.11. The van der Waals surface area contributed by atoms with Crippen molar-refractivity contribution in [2.75, 3.05) is 41.3 Å². The van der Waals surface area contributed by atoms with E-state index in [9.17, 15) is 19.5 Å². The zero-order valence-electron chi connectivity index (χ0n) is 24.1. The molecular weight excluding hydrogens is 553 g/mol. The topological polar surface area (TPSA) is 128 Å². The van der Waals surface area contributed by atoms with Gasteiger partial charge in [0.25, 0.3) is 11.8 Å². The number of halogens is 1. The second-order valence-corrected chi connectivity index (χ2v) is 11.8. The normalized spacial score (nSPS) is 20.5. The average molecular weight is 590 g/mol. The summed E-state index contributed by atoms with van der Waals surface area (Å²) in [5, 5.41) is 15.1. The lowest BCUT2D eigenvalue weighted by Crippen LogP contribution is -2.47. The van der Waals surface area contributed by atoms with E-state index in [1.54, 1.807) is 0 Å².